The monoisotopic (exact) mass is 333 g/mol. The fourth-order valence-electron chi connectivity index (χ4n) is 1.50. The van der Waals surface area contributed by atoms with Crippen LogP contribution in [0.15, 0.2) is 0 Å². The topological polar surface area (TPSA) is 37.8 Å². The zero-order valence-corrected chi connectivity index (χ0v) is 12.6. The van der Waals surface area contributed by atoms with Crippen molar-refractivity contribution in [1.29, 1.82) is 0 Å². The maximum Gasteiger partial charge on any atom is 0.143 e. The van der Waals surface area contributed by atoms with Crippen LogP contribution in [0, 0.1) is 16.4 Å². The second kappa shape index (κ2) is 6.37. The second-order valence-corrected chi connectivity index (χ2v) is 5.48. The lowest BCUT2D eigenvalue weighted by atomic mass is 10.1. The van der Waals surface area contributed by atoms with Crippen molar-refractivity contribution in [3.63, 3.8) is 0 Å². The summed E-state index contributed by atoms with van der Waals surface area (Å²) in [6, 6.07) is 0. The van der Waals surface area contributed by atoms with Crippen LogP contribution in [0.5, 0.6) is 0 Å². The summed E-state index contributed by atoms with van der Waals surface area (Å²) >= 11 is 2.34. The summed E-state index contributed by atoms with van der Waals surface area (Å²) in [4.78, 5) is 8.97. The van der Waals surface area contributed by atoms with E-state index in [0.29, 0.717) is 5.92 Å². The van der Waals surface area contributed by atoms with Crippen LogP contribution in [-0.4, -0.2) is 16.5 Å². The summed E-state index contributed by atoms with van der Waals surface area (Å²) in [6.45, 7) is 9.51. The van der Waals surface area contributed by atoms with Gasteiger partial charge in [-0.15, -0.1) is 0 Å². The van der Waals surface area contributed by atoms with Gasteiger partial charge in [0.2, 0.25) is 0 Å². The summed E-state index contributed by atoms with van der Waals surface area (Å²) in [5, 5.41) is 3.36. The van der Waals surface area contributed by atoms with Crippen LogP contribution in [0.25, 0.3) is 0 Å². The molecule has 90 valence electrons. The Kier molecular flexibility index (Phi) is 5.44. The fourth-order valence-corrected chi connectivity index (χ4v) is 2.15. The number of hydrogen-bond donors (Lipinski definition) is 1. The Morgan fingerprint density at radius 2 is 2.00 bits per heavy atom. The van der Waals surface area contributed by atoms with E-state index in [-0.39, 0.29) is 0 Å². The second-order valence-electron chi connectivity index (χ2n) is 4.40. The van der Waals surface area contributed by atoms with Crippen molar-refractivity contribution in [2.45, 2.75) is 40.5 Å². The zero-order chi connectivity index (χ0) is 12.1. The van der Waals surface area contributed by atoms with Gasteiger partial charge < -0.3 is 5.32 Å². The third-order valence-corrected chi connectivity index (χ3v) is 3.31. The van der Waals surface area contributed by atoms with E-state index in [2.05, 4.69) is 58.6 Å². The Morgan fingerprint density at radius 1 is 1.31 bits per heavy atom. The minimum atomic E-state index is 0.627. The Balaban J connectivity index is 2.95. The molecule has 1 heterocycles. The number of halogens is 1. The fraction of sp³-hybridized carbons (Fsp3) is 0.667. The van der Waals surface area contributed by atoms with Gasteiger partial charge in [-0.25, -0.2) is 9.97 Å². The van der Waals surface area contributed by atoms with E-state index in [1.807, 2.05) is 6.92 Å². The quantitative estimate of drug-likeness (QED) is 0.839. The summed E-state index contributed by atoms with van der Waals surface area (Å²) in [5.74, 6) is 2.47. The first kappa shape index (κ1) is 13.7. The van der Waals surface area contributed by atoms with Crippen molar-refractivity contribution in [2.75, 3.05) is 11.9 Å². The van der Waals surface area contributed by atoms with Gasteiger partial charge in [0.05, 0.1) is 9.26 Å². The Bertz CT molecular complexity index is 350. The average molecular weight is 333 g/mol. The normalized spacial score (nSPS) is 10.9. The molecule has 4 heteroatoms. The molecule has 0 spiro atoms. The number of aryl methyl sites for hydroxylation is 1. The maximum atomic E-state index is 4.52. The lowest BCUT2D eigenvalue weighted by molar-refractivity contribution is 0.629. The minimum Gasteiger partial charge on any atom is -0.369 e. The van der Waals surface area contributed by atoms with Crippen LogP contribution in [0.3, 0.4) is 0 Å². The van der Waals surface area contributed by atoms with Gasteiger partial charge in [0, 0.05) is 6.54 Å². The maximum absolute atomic E-state index is 4.52. The molecule has 0 atom stereocenters. The van der Waals surface area contributed by atoms with Gasteiger partial charge >= 0.3 is 0 Å². The van der Waals surface area contributed by atoms with Crippen molar-refractivity contribution in [2.24, 2.45) is 5.92 Å². The third-order valence-electron chi connectivity index (χ3n) is 2.18. The number of hydrogen-bond acceptors (Lipinski definition) is 3. The van der Waals surface area contributed by atoms with E-state index in [9.17, 15) is 0 Å². The molecule has 0 aliphatic carbocycles. The molecule has 1 aromatic rings. The molecule has 0 fully saturated rings. The van der Waals surface area contributed by atoms with Gasteiger partial charge in [-0.05, 0) is 48.3 Å². The number of anilines is 1. The van der Waals surface area contributed by atoms with Crippen LogP contribution < -0.4 is 5.32 Å². The molecule has 0 unspecified atom stereocenters. The van der Waals surface area contributed by atoms with E-state index < -0.39 is 0 Å². The molecule has 0 aliphatic heterocycles. The van der Waals surface area contributed by atoms with Crippen LogP contribution in [0.2, 0.25) is 0 Å². The highest BCUT2D eigenvalue weighted by atomic mass is 127. The molecule has 3 nitrogen and oxygen atoms in total. The summed E-state index contributed by atoms with van der Waals surface area (Å²) in [6.07, 6.45) is 2.13. The van der Waals surface area contributed by atoms with Gasteiger partial charge in [0.15, 0.2) is 0 Å². The minimum absolute atomic E-state index is 0.627. The van der Waals surface area contributed by atoms with Crippen LogP contribution in [0.4, 0.5) is 5.82 Å². The number of nitrogens with one attached hydrogen (secondary N) is 1. The van der Waals surface area contributed by atoms with E-state index in [1.54, 1.807) is 0 Å². The molecule has 0 amide bonds. The number of aromatic nitrogens is 2. The third kappa shape index (κ3) is 3.88. The van der Waals surface area contributed by atoms with Gasteiger partial charge in [-0.2, -0.15) is 0 Å². The van der Waals surface area contributed by atoms with Crippen molar-refractivity contribution in [3.8, 4) is 0 Å². The summed E-state index contributed by atoms with van der Waals surface area (Å²) in [5.41, 5.74) is 1.17. The predicted octanol–water partition coefficient (Wildman–Crippen LogP) is 3.41. The largest absolute Gasteiger partial charge is 0.369 e. The molecule has 1 aromatic heterocycles. The molecule has 0 radical (unpaired) electrons. The molecule has 1 rings (SSSR count). The number of rotatable bonds is 5. The lowest BCUT2D eigenvalue weighted by Crippen LogP contribution is -2.10. The Hall–Kier alpha value is -0.390. The first-order valence-corrected chi connectivity index (χ1v) is 6.89. The summed E-state index contributed by atoms with van der Waals surface area (Å²) < 4.78 is 1.17. The number of nitrogens with zero attached hydrogens (tertiary/aromatic N) is 2. The first-order chi connectivity index (χ1) is 7.54. The molecule has 16 heavy (non-hydrogen) atoms. The van der Waals surface area contributed by atoms with Crippen molar-refractivity contribution in [3.05, 3.63) is 15.1 Å². The van der Waals surface area contributed by atoms with Crippen molar-refractivity contribution >= 4 is 28.4 Å². The molecule has 1 N–H and O–H groups in total. The first-order valence-electron chi connectivity index (χ1n) is 5.81. The molecule has 0 saturated heterocycles. The Labute approximate surface area is 112 Å². The lowest BCUT2D eigenvalue weighted by Gasteiger charge is -2.12. The van der Waals surface area contributed by atoms with Gasteiger partial charge in [-0.1, -0.05) is 20.8 Å². The molecule has 0 aliphatic rings. The SMILES string of the molecule is CCCNc1nc(C)nc(CC(C)C)c1I. The van der Waals surface area contributed by atoms with Crippen molar-refractivity contribution in [1.82, 2.24) is 9.97 Å². The highest BCUT2D eigenvalue weighted by Gasteiger charge is 2.11. The van der Waals surface area contributed by atoms with E-state index in [4.69, 9.17) is 0 Å². The van der Waals surface area contributed by atoms with Gasteiger partial charge in [0.25, 0.3) is 0 Å². The van der Waals surface area contributed by atoms with E-state index in [1.165, 1.54) is 9.26 Å². The van der Waals surface area contributed by atoms with Crippen molar-refractivity contribution < 1.29 is 0 Å². The molecular formula is C12H20IN3. The van der Waals surface area contributed by atoms with E-state index in [0.717, 1.165) is 31.0 Å². The highest BCUT2D eigenvalue weighted by molar-refractivity contribution is 14.1. The molecule has 0 saturated carbocycles. The Morgan fingerprint density at radius 3 is 2.56 bits per heavy atom. The van der Waals surface area contributed by atoms with Crippen LogP contribution in [-0.2, 0) is 6.42 Å². The van der Waals surface area contributed by atoms with Gasteiger partial charge in [0.1, 0.15) is 11.6 Å². The standard InChI is InChI=1S/C12H20IN3/c1-5-6-14-12-11(13)10(7-8(2)3)15-9(4)16-12/h8H,5-7H2,1-4H3,(H,14,15,16). The van der Waals surface area contributed by atoms with Crippen LogP contribution >= 0.6 is 22.6 Å². The van der Waals surface area contributed by atoms with E-state index >= 15 is 0 Å². The van der Waals surface area contributed by atoms with Gasteiger partial charge in [-0.3, -0.25) is 0 Å². The average Bonchev–Trinajstić information content (AvgIpc) is 2.20. The van der Waals surface area contributed by atoms with Crippen LogP contribution in [0.1, 0.15) is 38.7 Å². The highest BCUT2D eigenvalue weighted by Crippen LogP contribution is 2.21. The molecule has 0 bridgehead atoms. The zero-order valence-electron chi connectivity index (χ0n) is 10.5. The predicted molar refractivity (Wildman–Crippen MR) is 76.8 cm³/mol. The molecular weight excluding hydrogens is 313 g/mol. The smallest absolute Gasteiger partial charge is 0.143 e. The summed E-state index contributed by atoms with van der Waals surface area (Å²) in [7, 11) is 0. The molecule has 0 aromatic carbocycles.